The molecule has 0 aliphatic carbocycles. The Morgan fingerprint density at radius 1 is 1.13 bits per heavy atom. The van der Waals surface area contributed by atoms with Gasteiger partial charge >= 0.3 is 0 Å². The van der Waals surface area contributed by atoms with E-state index in [1.165, 1.54) is 18.2 Å². The molecule has 0 saturated carbocycles. The highest BCUT2D eigenvalue weighted by Gasteiger charge is 2.14. The van der Waals surface area contributed by atoms with Gasteiger partial charge in [-0.25, -0.2) is 13.2 Å². The Bertz CT molecular complexity index is 805. The monoisotopic (exact) mass is 339 g/mol. The maximum atomic E-state index is 13.4. The van der Waals surface area contributed by atoms with Crippen LogP contribution < -0.4 is 10.6 Å². The molecule has 0 aromatic heterocycles. The highest BCUT2D eigenvalue weighted by Crippen LogP contribution is 2.21. The Morgan fingerprint density at radius 3 is 2.57 bits per heavy atom. The Morgan fingerprint density at radius 2 is 1.87 bits per heavy atom. The van der Waals surface area contributed by atoms with Crippen LogP contribution in [0.4, 0.5) is 24.5 Å². The summed E-state index contributed by atoms with van der Waals surface area (Å²) in [5.41, 5.74) is 0.0324. The van der Waals surface area contributed by atoms with Gasteiger partial charge in [0, 0.05) is 5.02 Å². The van der Waals surface area contributed by atoms with Crippen molar-refractivity contribution in [2.45, 2.75) is 0 Å². The van der Waals surface area contributed by atoms with Gasteiger partial charge in [0.2, 0.25) is 5.91 Å². The third-order valence-corrected chi connectivity index (χ3v) is 3.09. The molecule has 0 saturated heterocycles. The maximum Gasteiger partial charge on any atom is 0.243 e. The number of carbonyl (C=O) groups is 1. The summed E-state index contributed by atoms with van der Waals surface area (Å²) < 4.78 is 39.3. The van der Waals surface area contributed by atoms with Crippen molar-refractivity contribution >= 4 is 28.9 Å². The van der Waals surface area contributed by atoms with E-state index in [2.05, 4.69) is 10.6 Å². The summed E-state index contributed by atoms with van der Waals surface area (Å²) in [6.07, 6.45) is 0. The van der Waals surface area contributed by atoms with E-state index in [0.29, 0.717) is 5.02 Å². The third-order valence-electron chi connectivity index (χ3n) is 2.85. The van der Waals surface area contributed by atoms with Crippen molar-refractivity contribution in [3.8, 4) is 6.07 Å². The van der Waals surface area contributed by atoms with Gasteiger partial charge in [0.25, 0.3) is 0 Å². The predicted octanol–water partition coefficient (Wildman–Crippen LogP) is 3.68. The second-order valence-corrected chi connectivity index (χ2v) is 4.86. The predicted molar refractivity (Wildman–Crippen MR) is 79.6 cm³/mol. The number of anilines is 2. The Kier molecular flexibility index (Phi) is 5.09. The second-order valence-electron chi connectivity index (χ2n) is 4.43. The van der Waals surface area contributed by atoms with Crippen LogP contribution in [0.25, 0.3) is 0 Å². The van der Waals surface area contributed by atoms with Gasteiger partial charge in [-0.3, -0.25) is 4.79 Å². The van der Waals surface area contributed by atoms with Gasteiger partial charge in [-0.05, 0) is 30.3 Å². The highest BCUT2D eigenvalue weighted by atomic mass is 35.5. The van der Waals surface area contributed by atoms with Crippen LogP contribution in [-0.4, -0.2) is 12.5 Å². The molecule has 1 amide bonds. The van der Waals surface area contributed by atoms with Crippen LogP contribution in [0, 0.1) is 28.8 Å². The number of amides is 1. The molecular formula is C15H9ClF3N3O. The molecule has 0 atom stereocenters. The lowest BCUT2D eigenvalue weighted by molar-refractivity contribution is -0.114. The zero-order chi connectivity index (χ0) is 17.0. The van der Waals surface area contributed by atoms with Crippen molar-refractivity contribution in [2.24, 2.45) is 0 Å². The molecule has 0 aliphatic rings. The molecule has 4 nitrogen and oxygen atoms in total. The van der Waals surface area contributed by atoms with Crippen LogP contribution in [0.15, 0.2) is 30.3 Å². The zero-order valence-corrected chi connectivity index (χ0v) is 12.2. The third kappa shape index (κ3) is 3.93. The van der Waals surface area contributed by atoms with Crippen molar-refractivity contribution in [3.63, 3.8) is 0 Å². The number of nitriles is 1. The molecule has 0 bridgehead atoms. The Labute approximate surface area is 134 Å². The standard InChI is InChI=1S/C15H9ClF3N3O/c16-9-2-1-8(6-20)12(5-9)22-13(23)7-21-11-4-3-10(17)14(18)15(11)19/h1-5,21H,7H2,(H,22,23). The summed E-state index contributed by atoms with van der Waals surface area (Å²) >= 11 is 5.78. The molecule has 23 heavy (non-hydrogen) atoms. The summed E-state index contributed by atoms with van der Waals surface area (Å²) in [5.74, 6) is -4.99. The molecule has 8 heteroatoms. The summed E-state index contributed by atoms with van der Waals surface area (Å²) in [5, 5.41) is 14.0. The fraction of sp³-hybridized carbons (Fsp3) is 0.0667. The number of halogens is 4. The van der Waals surface area contributed by atoms with E-state index < -0.39 is 29.9 Å². The molecule has 0 heterocycles. The first-order chi connectivity index (χ1) is 10.9. The average Bonchev–Trinajstić information content (AvgIpc) is 2.52. The van der Waals surface area contributed by atoms with Crippen LogP contribution in [0.1, 0.15) is 5.56 Å². The van der Waals surface area contributed by atoms with Crippen LogP contribution in [0.3, 0.4) is 0 Å². The van der Waals surface area contributed by atoms with E-state index in [0.717, 1.165) is 12.1 Å². The lowest BCUT2D eigenvalue weighted by Gasteiger charge is -2.10. The molecule has 0 aliphatic heterocycles. The smallest absolute Gasteiger partial charge is 0.243 e. The minimum Gasteiger partial charge on any atom is -0.374 e. The molecule has 0 radical (unpaired) electrons. The molecule has 0 fully saturated rings. The maximum absolute atomic E-state index is 13.4. The molecular weight excluding hydrogens is 331 g/mol. The molecule has 2 aromatic carbocycles. The molecule has 0 unspecified atom stereocenters. The minimum absolute atomic E-state index is 0.192. The Hall–Kier alpha value is -2.72. The second kappa shape index (κ2) is 7.03. The van der Waals surface area contributed by atoms with E-state index in [9.17, 15) is 18.0 Å². The number of nitrogens with zero attached hydrogens (tertiary/aromatic N) is 1. The van der Waals surface area contributed by atoms with Gasteiger partial charge in [0.05, 0.1) is 23.5 Å². The SMILES string of the molecule is N#Cc1ccc(Cl)cc1NC(=O)CNc1ccc(F)c(F)c1F. The van der Waals surface area contributed by atoms with E-state index in [1.807, 2.05) is 6.07 Å². The first kappa shape index (κ1) is 16.6. The van der Waals surface area contributed by atoms with Crippen LogP contribution in [-0.2, 0) is 4.79 Å². The normalized spacial score (nSPS) is 10.0. The molecule has 2 aromatic rings. The largest absolute Gasteiger partial charge is 0.374 e. The number of nitrogens with one attached hydrogen (secondary N) is 2. The van der Waals surface area contributed by atoms with Crippen molar-refractivity contribution in [1.29, 1.82) is 5.26 Å². The average molecular weight is 340 g/mol. The summed E-state index contributed by atoms with van der Waals surface area (Å²) in [4.78, 5) is 11.8. The first-order valence-electron chi connectivity index (χ1n) is 6.29. The Balaban J connectivity index is 2.06. The van der Waals surface area contributed by atoms with Crippen LogP contribution >= 0.6 is 11.6 Å². The molecule has 2 rings (SSSR count). The van der Waals surface area contributed by atoms with Gasteiger partial charge in [0.15, 0.2) is 17.5 Å². The molecule has 0 spiro atoms. The van der Waals surface area contributed by atoms with Gasteiger partial charge in [-0.15, -0.1) is 0 Å². The van der Waals surface area contributed by atoms with Crippen LogP contribution in [0.2, 0.25) is 5.02 Å². The summed E-state index contributed by atoms with van der Waals surface area (Å²) in [6, 6.07) is 7.90. The number of carbonyl (C=O) groups excluding carboxylic acids is 1. The highest BCUT2D eigenvalue weighted by molar-refractivity contribution is 6.31. The number of rotatable bonds is 4. The van der Waals surface area contributed by atoms with E-state index in [4.69, 9.17) is 16.9 Å². The van der Waals surface area contributed by atoms with Gasteiger partial charge < -0.3 is 10.6 Å². The van der Waals surface area contributed by atoms with Crippen molar-refractivity contribution in [2.75, 3.05) is 17.2 Å². The molecule has 2 N–H and O–H groups in total. The van der Waals surface area contributed by atoms with E-state index >= 15 is 0 Å². The van der Waals surface area contributed by atoms with E-state index in [-0.39, 0.29) is 16.9 Å². The van der Waals surface area contributed by atoms with Gasteiger partial charge in [-0.2, -0.15) is 5.26 Å². The minimum atomic E-state index is -1.63. The quantitative estimate of drug-likeness (QED) is 0.835. The van der Waals surface area contributed by atoms with E-state index in [1.54, 1.807) is 0 Å². The van der Waals surface area contributed by atoms with Crippen molar-refractivity contribution in [3.05, 3.63) is 58.4 Å². The zero-order valence-electron chi connectivity index (χ0n) is 11.5. The fourth-order valence-electron chi connectivity index (χ4n) is 1.75. The summed E-state index contributed by atoms with van der Waals surface area (Å²) in [6.45, 7) is -0.417. The number of hydrogen-bond donors (Lipinski definition) is 2. The molecule has 118 valence electrons. The van der Waals surface area contributed by atoms with Gasteiger partial charge in [-0.1, -0.05) is 11.6 Å². The van der Waals surface area contributed by atoms with Crippen molar-refractivity contribution < 1.29 is 18.0 Å². The number of hydrogen-bond acceptors (Lipinski definition) is 3. The lowest BCUT2D eigenvalue weighted by atomic mass is 10.2. The fourth-order valence-corrected chi connectivity index (χ4v) is 1.92. The summed E-state index contributed by atoms with van der Waals surface area (Å²) in [7, 11) is 0. The first-order valence-corrected chi connectivity index (χ1v) is 6.67. The van der Waals surface area contributed by atoms with Crippen molar-refractivity contribution in [1.82, 2.24) is 0 Å². The van der Waals surface area contributed by atoms with Gasteiger partial charge in [0.1, 0.15) is 6.07 Å². The lowest BCUT2D eigenvalue weighted by Crippen LogP contribution is -2.22. The number of benzene rings is 2. The topological polar surface area (TPSA) is 64.9 Å². The van der Waals surface area contributed by atoms with Crippen LogP contribution in [0.5, 0.6) is 0 Å².